The van der Waals surface area contributed by atoms with E-state index < -0.39 is 12.1 Å². The van der Waals surface area contributed by atoms with Crippen LogP contribution in [0.3, 0.4) is 0 Å². The quantitative estimate of drug-likeness (QED) is 0.637. The molecule has 0 bridgehead atoms. The number of aromatic nitrogens is 3. The molecule has 1 aromatic heterocycles. The van der Waals surface area contributed by atoms with Gasteiger partial charge in [-0.05, 0) is 6.92 Å². The van der Waals surface area contributed by atoms with Crippen LogP contribution >= 0.6 is 0 Å². The van der Waals surface area contributed by atoms with Gasteiger partial charge in [0.1, 0.15) is 6.33 Å². The molecule has 1 heterocycles. The molecule has 1 rings (SSSR count). The molecule has 72 valence electrons. The van der Waals surface area contributed by atoms with E-state index in [1.54, 1.807) is 14.0 Å². The predicted molar refractivity (Wildman–Crippen MR) is 42.6 cm³/mol. The molecule has 13 heavy (non-hydrogen) atoms. The lowest BCUT2D eigenvalue weighted by Gasteiger charge is -2.07. The van der Waals surface area contributed by atoms with Gasteiger partial charge in [0.05, 0.1) is 6.61 Å². The first kappa shape index (κ1) is 9.66. The van der Waals surface area contributed by atoms with Gasteiger partial charge in [-0.3, -0.25) is 4.68 Å². The SMILES string of the molecule is CCOC(=O)C(O)c1ncnn1C. The van der Waals surface area contributed by atoms with Crippen molar-refractivity contribution in [1.29, 1.82) is 0 Å². The Morgan fingerprint density at radius 2 is 2.54 bits per heavy atom. The molecule has 1 atom stereocenters. The second-order valence-electron chi connectivity index (χ2n) is 2.40. The van der Waals surface area contributed by atoms with Crippen molar-refractivity contribution in [2.75, 3.05) is 6.61 Å². The zero-order chi connectivity index (χ0) is 9.84. The number of carbonyl (C=O) groups is 1. The number of hydrogen-bond donors (Lipinski definition) is 1. The van der Waals surface area contributed by atoms with Crippen LogP contribution < -0.4 is 0 Å². The van der Waals surface area contributed by atoms with Gasteiger partial charge in [-0.15, -0.1) is 0 Å². The molecule has 0 amide bonds. The molecule has 0 aromatic carbocycles. The fourth-order valence-electron chi connectivity index (χ4n) is 0.879. The molecular weight excluding hydrogens is 174 g/mol. The van der Waals surface area contributed by atoms with Crippen LogP contribution in [0.2, 0.25) is 0 Å². The number of aryl methyl sites for hydroxylation is 1. The van der Waals surface area contributed by atoms with Crippen molar-refractivity contribution in [3.63, 3.8) is 0 Å². The van der Waals surface area contributed by atoms with Gasteiger partial charge in [-0.25, -0.2) is 9.78 Å². The fourth-order valence-corrected chi connectivity index (χ4v) is 0.879. The lowest BCUT2D eigenvalue weighted by Crippen LogP contribution is -2.19. The fraction of sp³-hybridized carbons (Fsp3) is 0.571. The summed E-state index contributed by atoms with van der Waals surface area (Å²) in [6.45, 7) is 1.90. The van der Waals surface area contributed by atoms with E-state index in [0.717, 1.165) is 0 Å². The Balaban J connectivity index is 2.73. The summed E-state index contributed by atoms with van der Waals surface area (Å²) in [6, 6.07) is 0. The molecule has 0 saturated carbocycles. The average Bonchev–Trinajstić information content (AvgIpc) is 2.50. The summed E-state index contributed by atoms with van der Waals surface area (Å²) in [5, 5.41) is 13.1. The third-order valence-electron chi connectivity index (χ3n) is 1.50. The van der Waals surface area contributed by atoms with E-state index in [1.807, 2.05) is 0 Å². The Bertz CT molecular complexity index is 297. The van der Waals surface area contributed by atoms with Crippen LogP contribution in [0.4, 0.5) is 0 Å². The molecule has 1 N–H and O–H groups in total. The molecule has 0 fully saturated rings. The molecule has 6 heteroatoms. The second kappa shape index (κ2) is 3.99. The van der Waals surface area contributed by atoms with Gasteiger partial charge in [0.25, 0.3) is 0 Å². The number of hydrogen-bond acceptors (Lipinski definition) is 5. The molecule has 0 radical (unpaired) electrons. The van der Waals surface area contributed by atoms with Crippen molar-refractivity contribution < 1.29 is 14.6 Å². The predicted octanol–water partition coefficient (Wildman–Crippen LogP) is -0.588. The van der Waals surface area contributed by atoms with Crippen LogP contribution in [-0.4, -0.2) is 32.4 Å². The molecule has 0 aliphatic carbocycles. The first-order valence-electron chi connectivity index (χ1n) is 3.85. The van der Waals surface area contributed by atoms with Crippen LogP contribution in [-0.2, 0) is 16.6 Å². The first-order valence-corrected chi connectivity index (χ1v) is 3.85. The standard InChI is InChI=1S/C7H11N3O3/c1-3-13-7(12)5(11)6-8-4-9-10(6)2/h4-5,11H,3H2,1-2H3. The van der Waals surface area contributed by atoms with E-state index in [0.29, 0.717) is 0 Å². The van der Waals surface area contributed by atoms with Crippen molar-refractivity contribution in [1.82, 2.24) is 14.8 Å². The van der Waals surface area contributed by atoms with Crippen LogP contribution in [0.5, 0.6) is 0 Å². The number of rotatable bonds is 3. The lowest BCUT2D eigenvalue weighted by molar-refractivity contribution is -0.153. The largest absolute Gasteiger partial charge is 0.464 e. The molecule has 0 aliphatic rings. The number of esters is 1. The molecule has 1 unspecified atom stereocenters. The molecule has 6 nitrogen and oxygen atoms in total. The Kier molecular flexibility index (Phi) is 2.97. The van der Waals surface area contributed by atoms with Gasteiger partial charge in [-0.2, -0.15) is 5.10 Å². The molecule has 1 aromatic rings. The van der Waals surface area contributed by atoms with Crippen LogP contribution in [0, 0.1) is 0 Å². The second-order valence-corrected chi connectivity index (χ2v) is 2.40. The minimum Gasteiger partial charge on any atom is -0.464 e. The third-order valence-corrected chi connectivity index (χ3v) is 1.50. The van der Waals surface area contributed by atoms with Crippen molar-refractivity contribution in [3.05, 3.63) is 12.2 Å². The summed E-state index contributed by atoms with van der Waals surface area (Å²) in [5.41, 5.74) is 0. The number of ether oxygens (including phenoxy) is 1. The Morgan fingerprint density at radius 3 is 3.00 bits per heavy atom. The van der Waals surface area contributed by atoms with Crippen molar-refractivity contribution in [3.8, 4) is 0 Å². The molecular formula is C7H11N3O3. The summed E-state index contributed by atoms with van der Waals surface area (Å²) >= 11 is 0. The van der Waals surface area contributed by atoms with Gasteiger partial charge in [0, 0.05) is 7.05 Å². The zero-order valence-corrected chi connectivity index (χ0v) is 7.47. The maximum Gasteiger partial charge on any atom is 0.343 e. The first-order chi connectivity index (χ1) is 6.16. The Hall–Kier alpha value is -1.43. The normalized spacial score (nSPS) is 12.5. The minimum absolute atomic E-state index is 0.179. The summed E-state index contributed by atoms with van der Waals surface area (Å²) < 4.78 is 5.93. The topological polar surface area (TPSA) is 77.2 Å². The zero-order valence-electron chi connectivity index (χ0n) is 7.47. The highest BCUT2D eigenvalue weighted by molar-refractivity contribution is 5.75. The molecule has 0 spiro atoms. The van der Waals surface area contributed by atoms with E-state index in [1.165, 1.54) is 11.0 Å². The third kappa shape index (κ3) is 2.03. The summed E-state index contributed by atoms with van der Waals surface area (Å²) in [7, 11) is 1.59. The Labute approximate surface area is 75.2 Å². The molecule has 0 aliphatic heterocycles. The van der Waals surface area contributed by atoms with E-state index >= 15 is 0 Å². The maximum atomic E-state index is 11.0. The van der Waals surface area contributed by atoms with Crippen LogP contribution in [0.1, 0.15) is 18.9 Å². The molecule has 0 saturated heterocycles. The van der Waals surface area contributed by atoms with Crippen molar-refractivity contribution in [2.45, 2.75) is 13.0 Å². The van der Waals surface area contributed by atoms with E-state index in [2.05, 4.69) is 14.8 Å². The van der Waals surface area contributed by atoms with Gasteiger partial charge in [-0.1, -0.05) is 0 Å². The highest BCUT2D eigenvalue weighted by Gasteiger charge is 2.22. The van der Waals surface area contributed by atoms with Gasteiger partial charge < -0.3 is 9.84 Å². The monoisotopic (exact) mass is 185 g/mol. The summed E-state index contributed by atoms with van der Waals surface area (Å²) in [6.07, 6.45) is -0.0925. The summed E-state index contributed by atoms with van der Waals surface area (Å²) in [4.78, 5) is 14.8. The van der Waals surface area contributed by atoms with Gasteiger partial charge >= 0.3 is 5.97 Å². The van der Waals surface area contributed by atoms with Gasteiger partial charge in [0.2, 0.25) is 6.10 Å². The van der Waals surface area contributed by atoms with Crippen LogP contribution in [0.15, 0.2) is 6.33 Å². The number of carbonyl (C=O) groups excluding carboxylic acids is 1. The highest BCUT2D eigenvalue weighted by atomic mass is 16.5. The van der Waals surface area contributed by atoms with E-state index in [4.69, 9.17) is 0 Å². The van der Waals surface area contributed by atoms with Crippen molar-refractivity contribution >= 4 is 5.97 Å². The van der Waals surface area contributed by atoms with Gasteiger partial charge in [0.15, 0.2) is 5.82 Å². The smallest absolute Gasteiger partial charge is 0.343 e. The van der Waals surface area contributed by atoms with Crippen LogP contribution in [0.25, 0.3) is 0 Å². The summed E-state index contributed by atoms with van der Waals surface area (Å²) in [5.74, 6) is -0.531. The van der Waals surface area contributed by atoms with E-state index in [9.17, 15) is 9.90 Å². The minimum atomic E-state index is -1.35. The lowest BCUT2D eigenvalue weighted by atomic mass is 10.3. The maximum absolute atomic E-state index is 11.0. The number of nitrogens with zero attached hydrogens (tertiary/aromatic N) is 3. The van der Waals surface area contributed by atoms with Crippen molar-refractivity contribution in [2.24, 2.45) is 7.05 Å². The highest BCUT2D eigenvalue weighted by Crippen LogP contribution is 2.09. The average molecular weight is 185 g/mol. The number of aliphatic hydroxyl groups excluding tert-OH is 1. The number of aliphatic hydroxyl groups is 1. The Morgan fingerprint density at radius 1 is 1.85 bits per heavy atom. The van der Waals surface area contributed by atoms with E-state index in [-0.39, 0.29) is 12.4 Å².